The van der Waals surface area contributed by atoms with Crippen LogP contribution in [0.3, 0.4) is 0 Å². The Morgan fingerprint density at radius 1 is 0.968 bits per heavy atom. The average Bonchev–Trinajstić information content (AvgIpc) is 2.76. The zero-order valence-electron chi connectivity index (χ0n) is 15.9. The fourth-order valence-electron chi connectivity index (χ4n) is 2.16. The van der Waals surface area contributed by atoms with Crippen LogP contribution in [0, 0.1) is 10.1 Å². The maximum absolute atomic E-state index is 12.0. The molecule has 0 radical (unpaired) electrons. The number of sulfonamides is 1. The Labute approximate surface area is 176 Å². The summed E-state index contributed by atoms with van der Waals surface area (Å²) in [6, 6.07) is 12.2. The smallest absolute Gasteiger partial charge is 0.307 e. The molecule has 0 aromatic heterocycles. The molecule has 0 aliphatic rings. The summed E-state index contributed by atoms with van der Waals surface area (Å²) in [6.07, 6.45) is -0.311. The minimum Gasteiger partial charge on any atom is -0.455 e. The van der Waals surface area contributed by atoms with E-state index in [2.05, 4.69) is 10.1 Å². The van der Waals surface area contributed by atoms with Gasteiger partial charge in [0.05, 0.1) is 16.2 Å². The van der Waals surface area contributed by atoms with E-state index in [9.17, 15) is 32.9 Å². The number of carbonyl (C=O) groups is 3. The van der Waals surface area contributed by atoms with E-state index in [4.69, 9.17) is 4.74 Å². The molecule has 2 amide bonds. The third-order valence-corrected chi connectivity index (χ3v) is 5.17. The molecule has 3 N–H and O–H groups in total. The third kappa shape index (κ3) is 7.49. The molecule has 0 aliphatic heterocycles. The van der Waals surface area contributed by atoms with Crippen molar-refractivity contribution in [2.45, 2.75) is 11.3 Å². The van der Waals surface area contributed by atoms with E-state index in [0.29, 0.717) is 0 Å². The van der Waals surface area contributed by atoms with Crippen molar-refractivity contribution in [3.05, 3.63) is 70.3 Å². The van der Waals surface area contributed by atoms with Crippen LogP contribution in [0.5, 0.6) is 0 Å². The quantitative estimate of drug-likeness (QED) is 0.277. The first kappa shape index (κ1) is 23.4. The van der Waals surface area contributed by atoms with Crippen LogP contribution >= 0.6 is 0 Å². The molecule has 164 valence electrons. The molecule has 13 heteroatoms. The highest BCUT2D eigenvalue weighted by Crippen LogP contribution is 2.11. The van der Waals surface area contributed by atoms with E-state index in [0.717, 1.165) is 12.1 Å². The zero-order valence-corrected chi connectivity index (χ0v) is 16.8. The Morgan fingerprint density at radius 2 is 1.61 bits per heavy atom. The van der Waals surface area contributed by atoms with Crippen LogP contribution in [0.1, 0.15) is 16.8 Å². The second kappa shape index (κ2) is 10.8. The minimum atomic E-state index is -3.76. The van der Waals surface area contributed by atoms with Crippen molar-refractivity contribution in [2.24, 2.45) is 0 Å². The summed E-state index contributed by atoms with van der Waals surface area (Å²) in [7, 11) is -3.76. The molecule has 0 unspecified atom stereocenters. The maximum atomic E-state index is 12.0. The van der Waals surface area contributed by atoms with Crippen LogP contribution in [-0.4, -0.2) is 44.3 Å². The minimum absolute atomic E-state index is 0.0477. The van der Waals surface area contributed by atoms with Crippen molar-refractivity contribution in [3.63, 3.8) is 0 Å². The number of non-ortho nitro benzene ring substituents is 1. The molecule has 0 saturated heterocycles. The van der Waals surface area contributed by atoms with E-state index >= 15 is 0 Å². The lowest BCUT2D eigenvalue weighted by atomic mass is 10.2. The largest absolute Gasteiger partial charge is 0.455 e. The second-order valence-corrected chi connectivity index (χ2v) is 7.69. The molecular weight excluding hydrogens is 432 g/mol. The van der Waals surface area contributed by atoms with Crippen molar-refractivity contribution in [3.8, 4) is 0 Å². The molecule has 0 atom stereocenters. The second-order valence-electron chi connectivity index (χ2n) is 5.93. The van der Waals surface area contributed by atoms with Crippen LogP contribution in [-0.2, 0) is 24.3 Å². The number of esters is 1. The molecule has 2 rings (SSSR count). The first-order valence-electron chi connectivity index (χ1n) is 8.73. The number of benzene rings is 2. The van der Waals surface area contributed by atoms with Crippen LogP contribution < -0.4 is 15.6 Å². The van der Waals surface area contributed by atoms with Crippen molar-refractivity contribution in [1.29, 1.82) is 0 Å². The van der Waals surface area contributed by atoms with E-state index in [1.807, 2.05) is 5.43 Å². The molecule has 12 nitrogen and oxygen atoms in total. The van der Waals surface area contributed by atoms with Gasteiger partial charge in [-0.1, -0.05) is 18.2 Å². The van der Waals surface area contributed by atoms with Crippen molar-refractivity contribution >= 4 is 33.5 Å². The first-order chi connectivity index (χ1) is 14.7. The van der Waals surface area contributed by atoms with Crippen molar-refractivity contribution < 1.29 is 32.5 Å². The van der Waals surface area contributed by atoms with Gasteiger partial charge in [-0.3, -0.25) is 35.3 Å². The highest BCUT2D eigenvalue weighted by molar-refractivity contribution is 7.89. The number of ether oxygens (including phenoxy) is 1. The molecule has 31 heavy (non-hydrogen) atoms. The zero-order chi connectivity index (χ0) is 22.9. The van der Waals surface area contributed by atoms with Gasteiger partial charge in [0.15, 0.2) is 6.61 Å². The van der Waals surface area contributed by atoms with Gasteiger partial charge in [-0.05, 0) is 24.3 Å². The van der Waals surface area contributed by atoms with Gasteiger partial charge in [-0.25, -0.2) is 13.1 Å². The van der Waals surface area contributed by atoms with E-state index in [1.54, 1.807) is 18.2 Å². The fourth-order valence-corrected chi connectivity index (χ4v) is 3.21. The van der Waals surface area contributed by atoms with Crippen LogP contribution in [0.4, 0.5) is 5.69 Å². The molecule has 0 saturated carbocycles. The summed E-state index contributed by atoms with van der Waals surface area (Å²) in [5.41, 5.74) is 3.94. The molecule has 0 heterocycles. The summed E-state index contributed by atoms with van der Waals surface area (Å²) in [5, 5.41) is 10.6. The highest BCUT2D eigenvalue weighted by atomic mass is 32.2. The fraction of sp³-hybridized carbons (Fsp3) is 0.167. The van der Waals surface area contributed by atoms with E-state index in [1.165, 1.54) is 24.3 Å². The van der Waals surface area contributed by atoms with Gasteiger partial charge in [0.2, 0.25) is 10.0 Å². The molecule has 0 spiro atoms. The molecule has 0 aliphatic carbocycles. The standard InChI is InChI=1S/C18H18N4O8S/c23-16(20-21-18(25)13-6-8-14(9-7-13)22(26)27)12-30-17(24)10-11-19-31(28,29)15-4-2-1-3-5-15/h1-9,19H,10-12H2,(H,20,23)(H,21,25). The maximum Gasteiger partial charge on any atom is 0.307 e. The Balaban J connectivity index is 1.68. The summed E-state index contributed by atoms with van der Waals surface area (Å²) in [6.45, 7) is -0.931. The number of amides is 2. The molecule has 2 aromatic rings. The Kier molecular flexibility index (Phi) is 8.16. The number of nitro groups is 1. The summed E-state index contributed by atoms with van der Waals surface area (Å²) >= 11 is 0. The number of rotatable bonds is 9. The molecular formula is C18H18N4O8S. The average molecular weight is 450 g/mol. The predicted molar refractivity (Wildman–Crippen MR) is 106 cm³/mol. The number of nitrogens with zero attached hydrogens (tertiary/aromatic N) is 1. The Hall–Kier alpha value is -3.84. The topological polar surface area (TPSA) is 174 Å². The number of nitrogens with one attached hydrogen (secondary N) is 3. The third-order valence-electron chi connectivity index (χ3n) is 3.69. The summed E-state index contributed by atoms with van der Waals surface area (Å²) in [4.78, 5) is 45.1. The normalized spacial score (nSPS) is 10.7. The lowest BCUT2D eigenvalue weighted by Gasteiger charge is -2.09. The summed E-state index contributed by atoms with van der Waals surface area (Å²) in [5.74, 6) is -2.40. The summed E-state index contributed by atoms with van der Waals surface area (Å²) < 4.78 is 30.9. The first-order valence-corrected chi connectivity index (χ1v) is 10.2. The van der Waals surface area contributed by atoms with Gasteiger partial charge < -0.3 is 4.74 Å². The van der Waals surface area contributed by atoms with E-state index in [-0.39, 0.29) is 29.1 Å². The highest BCUT2D eigenvalue weighted by Gasteiger charge is 2.15. The van der Waals surface area contributed by atoms with Gasteiger partial charge in [0, 0.05) is 24.2 Å². The molecule has 0 bridgehead atoms. The predicted octanol–water partition coefficient (Wildman–Crippen LogP) is 0.268. The van der Waals surface area contributed by atoms with Gasteiger partial charge in [-0.2, -0.15) is 0 Å². The number of hydrazine groups is 1. The number of nitro benzene ring substituents is 1. The Bertz CT molecular complexity index is 1060. The number of carbonyl (C=O) groups excluding carboxylic acids is 3. The van der Waals surface area contributed by atoms with Crippen LogP contribution in [0.25, 0.3) is 0 Å². The lowest BCUT2D eigenvalue weighted by Crippen LogP contribution is -2.43. The lowest BCUT2D eigenvalue weighted by molar-refractivity contribution is -0.384. The molecule has 0 fully saturated rings. The van der Waals surface area contributed by atoms with Gasteiger partial charge in [0.1, 0.15) is 0 Å². The number of hydrogen-bond acceptors (Lipinski definition) is 8. The van der Waals surface area contributed by atoms with Gasteiger partial charge in [0.25, 0.3) is 17.5 Å². The Morgan fingerprint density at radius 3 is 2.23 bits per heavy atom. The number of hydrogen-bond donors (Lipinski definition) is 3. The van der Waals surface area contributed by atoms with Crippen LogP contribution in [0.2, 0.25) is 0 Å². The molecule has 2 aromatic carbocycles. The van der Waals surface area contributed by atoms with Gasteiger partial charge >= 0.3 is 5.97 Å². The monoisotopic (exact) mass is 450 g/mol. The van der Waals surface area contributed by atoms with Crippen molar-refractivity contribution in [1.82, 2.24) is 15.6 Å². The van der Waals surface area contributed by atoms with E-state index < -0.39 is 39.3 Å². The van der Waals surface area contributed by atoms with Gasteiger partial charge in [-0.15, -0.1) is 0 Å². The van der Waals surface area contributed by atoms with Crippen LogP contribution in [0.15, 0.2) is 59.5 Å². The SMILES string of the molecule is O=C(COC(=O)CCNS(=O)(=O)c1ccccc1)NNC(=O)c1ccc([N+](=O)[O-])cc1. The van der Waals surface area contributed by atoms with Crippen molar-refractivity contribution in [2.75, 3.05) is 13.2 Å².